The lowest BCUT2D eigenvalue weighted by atomic mass is 10.1. The third kappa shape index (κ3) is 1.89. The van der Waals surface area contributed by atoms with Gasteiger partial charge in [-0.15, -0.1) is 0 Å². The van der Waals surface area contributed by atoms with E-state index < -0.39 is 0 Å². The molecule has 0 radical (unpaired) electrons. The van der Waals surface area contributed by atoms with Gasteiger partial charge in [0.05, 0.1) is 5.69 Å². The van der Waals surface area contributed by atoms with E-state index in [-0.39, 0.29) is 6.79 Å². The van der Waals surface area contributed by atoms with Gasteiger partial charge in [-0.1, -0.05) is 0 Å². The van der Waals surface area contributed by atoms with E-state index >= 15 is 0 Å². The van der Waals surface area contributed by atoms with Crippen LogP contribution < -0.4 is 9.47 Å². The molecule has 3 rings (SSSR count). The van der Waals surface area contributed by atoms with Crippen LogP contribution in [0.25, 0.3) is 11.3 Å². The summed E-state index contributed by atoms with van der Waals surface area (Å²) in [5, 5.41) is 0. The summed E-state index contributed by atoms with van der Waals surface area (Å²) in [6, 6.07) is 7.70. The predicted molar refractivity (Wildman–Crippen MR) is 65.7 cm³/mol. The quantitative estimate of drug-likeness (QED) is 0.786. The molecule has 0 unspecified atom stereocenters. The van der Waals surface area contributed by atoms with Crippen LogP contribution in [0.5, 0.6) is 11.5 Å². The summed E-state index contributed by atoms with van der Waals surface area (Å²) in [5.41, 5.74) is 2.79. The van der Waals surface area contributed by atoms with E-state index in [9.17, 15) is 0 Å². The number of ether oxygens (including phenoxy) is 2. The van der Waals surface area contributed by atoms with Gasteiger partial charge in [-0.2, -0.15) is 0 Å². The average Bonchev–Trinajstić information content (AvgIpc) is 2.74. The lowest BCUT2D eigenvalue weighted by molar-refractivity contribution is 0.174. The Hall–Kier alpha value is -1.88. The maximum absolute atomic E-state index is 5.34. The van der Waals surface area contributed by atoms with E-state index in [1.807, 2.05) is 31.2 Å². The zero-order chi connectivity index (χ0) is 11.8. The molecule has 17 heavy (non-hydrogen) atoms. The number of nitrogens with one attached hydrogen (secondary N) is 1. The summed E-state index contributed by atoms with van der Waals surface area (Å²) >= 11 is 5.06. The molecule has 1 aromatic carbocycles. The number of rotatable bonds is 1. The fraction of sp³-hybridized carbons (Fsp3) is 0.167. The number of aromatic nitrogens is 2. The molecule has 2 aromatic rings. The molecule has 86 valence electrons. The van der Waals surface area contributed by atoms with Gasteiger partial charge < -0.3 is 14.5 Å². The van der Waals surface area contributed by atoms with E-state index in [4.69, 9.17) is 21.7 Å². The van der Waals surface area contributed by atoms with Crippen molar-refractivity contribution in [2.45, 2.75) is 6.92 Å². The number of benzene rings is 1. The topological polar surface area (TPSA) is 47.1 Å². The van der Waals surface area contributed by atoms with E-state index in [1.54, 1.807) is 0 Å². The highest BCUT2D eigenvalue weighted by molar-refractivity contribution is 7.71. The molecule has 0 amide bonds. The Morgan fingerprint density at radius 2 is 2.06 bits per heavy atom. The van der Waals surface area contributed by atoms with Gasteiger partial charge in [0.25, 0.3) is 0 Å². The van der Waals surface area contributed by atoms with Crippen LogP contribution in [-0.2, 0) is 0 Å². The van der Waals surface area contributed by atoms with Crippen LogP contribution in [0.4, 0.5) is 0 Å². The van der Waals surface area contributed by atoms with Crippen molar-refractivity contribution >= 4 is 12.2 Å². The fourth-order valence-corrected chi connectivity index (χ4v) is 2.04. The second-order valence-electron chi connectivity index (χ2n) is 3.82. The van der Waals surface area contributed by atoms with Gasteiger partial charge in [-0.25, -0.2) is 4.98 Å². The summed E-state index contributed by atoms with van der Waals surface area (Å²) in [6.45, 7) is 2.23. The molecule has 0 atom stereocenters. The molecule has 4 nitrogen and oxygen atoms in total. The number of hydrogen-bond acceptors (Lipinski definition) is 4. The van der Waals surface area contributed by atoms with Crippen LogP contribution in [0, 0.1) is 11.7 Å². The third-order valence-electron chi connectivity index (χ3n) is 2.55. The number of aromatic amines is 1. The van der Waals surface area contributed by atoms with Crippen molar-refractivity contribution in [2.24, 2.45) is 0 Å². The lowest BCUT2D eigenvalue weighted by Gasteiger charge is -2.03. The lowest BCUT2D eigenvalue weighted by Crippen LogP contribution is -1.93. The standard InChI is InChI=1S/C12H10N2O2S/c1-7-4-9(14-12(17)13-7)8-2-3-10-11(5-8)16-6-15-10/h2-5H,6H2,1H3,(H,13,14,17). The second-order valence-corrected chi connectivity index (χ2v) is 4.21. The minimum atomic E-state index is 0.278. The average molecular weight is 246 g/mol. The molecule has 5 heteroatoms. The van der Waals surface area contributed by atoms with Gasteiger partial charge in [-0.3, -0.25) is 0 Å². The van der Waals surface area contributed by atoms with Crippen molar-refractivity contribution in [1.29, 1.82) is 0 Å². The Kier molecular flexibility index (Phi) is 2.33. The molecular weight excluding hydrogens is 236 g/mol. The van der Waals surface area contributed by atoms with Crippen LogP contribution in [0.2, 0.25) is 0 Å². The smallest absolute Gasteiger partial charge is 0.231 e. The number of nitrogens with zero attached hydrogens (tertiary/aromatic N) is 1. The molecule has 1 aliphatic heterocycles. The molecule has 0 bridgehead atoms. The van der Waals surface area contributed by atoms with Crippen LogP contribution in [0.1, 0.15) is 5.69 Å². The van der Waals surface area contributed by atoms with Crippen LogP contribution in [-0.4, -0.2) is 16.8 Å². The molecule has 0 fully saturated rings. The summed E-state index contributed by atoms with van der Waals surface area (Å²) in [6.07, 6.45) is 0. The predicted octanol–water partition coefficient (Wildman–Crippen LogP) is 2.84. The first-order valence-corrected chi connectivity index (χ1v) is 5.61. The van der Waals surface area contributed by atoms with Crippen molar-refractivity contribution in [3.63, 3.8) is 0 Å². The zero-order valence-corrected chi connectivity index (χ0v) is 10.0. The first kappa shape index (κ1) is 10.3. The Bertz CT molecular complexity index is 637. The Morgan fingerprint density at radius 3 is 2.88 bits per heavy atom. The molecule has 0 aliphatic carbocycles. The molecule has 2 heterocycles. The van der Waals surface area contributed by atoms with Gasteiger partial charge in [0.1, 0.15) is 0 Å². The highest BCUT2D eigenvalue weighted by Crippen LogP contribution is 2.35. The summed E-state index contributed by atoms with van der Waals surface area (Å²) in [4.78, 5) is 7.27. The molecule has 0 saturated heterocycles. The third-order valence-corrected chi connectivity index (χ3v) is 2.74. The minimum Gasteiger partial charge on any atom is -0.454 e. The molecule has 1 N–H and O–H groups in total. The van der Waals surface area contributed by atoms with E-state index in [2.05, 4.69) is 9.97 Å². The van der Waals surface area contributed by atoms with E-state index in [0.717, 1.165) is 28.5 Å². The second kappa shape index (κ2) is 3.85. The van der Waals surface area contributed by atoms with Gasteiger partial charge in [-0.05, 0) is 43.4 Å². The van der Waals surface area contributed by atoms with Crippen LogP contribution in [0.3, 0.4) is 0 Å². The monoisotopic (exact) mass is 246 g/mol. The number of aryl methyl sites for hydroxylation is 1. The zero-order valence-electron chi connectivity index (χ0n) is 9.19. The molecular formula is C12H10N2O2S. The maximum Gasteiger partial charge on any atom is 0.231 e. The van der Waals surface area contributed by atoms with Crippen molar-refractivity contribution in [1.82, 2.24) is 9.97 Å². The fourth-order valence-electron chi connectivity index (χ4n) is 1.78. The summed E-state index contributed by atoms with van der Waals surface area (Å²) in [7, 11) is 0. The summed E-state index contributed by atoms with van der Waals surface area (Å²) < 4.78 is 11.1. The normalized spacial score (nSPS) is 12.8. The van der Waals surface area contributed by atoms with Crippen LogP contribution in [0.15, 0.2) is 24.3 Å². The Labute approximate surface area is 103 Å². The number of hydrogen-bond donors (Lipinski definition) is 1. The highest BCUT2D eigenvalue weighted by atomic mass is 32.1. The molecule has 1 aliphatic rings. The van der Waals surface area contributed by atoms with Crippen molar-refractivity contribution in [2.75, 3.05) is 6.79 Å². The van der Waals surface area contributed by atoms with E-state index in [0.29, 0.717) is 4.77 Å². The van der Waals surface area contributed by atoms with Crippen molar-refractivity contribution < 1.29 is 9.47 Å². The van der Waals surface area contributed by atoms with E-state index in [1.165, 1.54) is 0 Å². The van der Waals surface area contributed by atoms with Gasteiger partial charge in [0, 0.05) is 11.3 Å². The maximum atomic E-state index is 5.34. The first-order chi connectivity index (χ1) is 8.22. The van der Waals surface area contributed by atoms with Gasteiger partial charge in [0.15, 0.2) is 16.3 Å². The Morgan fingerprint density at radius 1 is 1.24 bits per heavy atom. The molecule has 1 aromatic heterocycles. The number of fused-ring (bicyclic) bond motifs is 1. The molecule has 0 saturated carbocycles. The van der Waals surface area contributed by atoms with Gasteiger partial charge in [0.2, 0.25) is 6.79 Å². The van der Waals surface area contributed by atoms with Crippen LogP contribution >= 0.6 is 12.2 Å². The SMILES string of the molecule is Cc1cc(-c2ccc3c(c2)OCO3)nc(=S)[nH]1. The molecule has 0 spiro atoms. The van der Waals surface area contributed by atoms with Crippen molar-refractivity contribution in [3.8, 4) is 22.8 Å². The van der Waals surface area contributed by atoms with Gasteiger partial charge >= 0.3 is 0 Å². The Balaban J connectivity index is 2.12. The van der Waals surface area contributed by atoms with Crippen molar-refractivity contribution in [3.05, 3.63) is 34.7 Å². The highest BCUT2D eigenvalue weighted by Gasteiger charge is 2.14. The minimum absolute atomic E-state index is 0.278. The first-order valence-electron chi connectivity index (χ1n) is 5.20. The number of H-pyrrole nitrogens is 1. The largest absolute Gasteiger partial charge is 0.454 e. The summed E-state index contributed by atoms with van der Waals surface area (Å²) in [5.74, 6) is 1.52.